The number of halogens is 1. The number of primary amides is 1. The Kier molecular flexibility index (Phi) is 4.31. The highest BCUT2D eigenvalue weighted by Crippen LogP contribution is 2.35. The van der Waals surface area contributed by atoms with Crippen molar-refractivity contribution in [2.24, 2.45) is 5.73 Å². The molecule has 6 nitrogen and oxygen atoms in total. The number of carbonyl (C=O) groups excluding carboxylic acids is 1. The lowest BCUT2D eigenvalue weighted by atomic mass is 9.98. The third-order valence-corrected chi connectivity index (χ3v) is 5.67. The second-order valence-corrected chi connectivity index (χ2v) is 6.77. The first-order chi connectivity index (χ1) is 9.86. The first-order valence-electron chi connectivity index (χ1n) is 6.42. The lowest BCUT2D eigenvalue weighted by molar-refractivity contribution is -0.128. The topological polar surface area (TPSA) is 89.7 Å². The number of rotatable bonds is 5. The zero-order valence-corrected chi connectivity index (χ0v) is 12.4. The molecule has 0 aliphatic carbocycles. The van der Waals surface area contributed by atoms with Gasteiger partial charge in [0.05, 0.1) is 6.61 Å². The molecule has 21 heavy (non-hydrogen) atoms. The minimum atomic E-state index is -4.17. The molecule has 1 aromatic carbocycles. The van der Waals surface area contributed by atoms with E-state index in [2.05, 4.69) is 0 Å². The van der Waals surface area contributed by atoms with Gasteiger partial charge in [-0.2, -0.15) is 4.31 Å². The Balaban J connectivity index is 2.53. The molecule has 1 aliphatic heterocycles. The third-order valence-electron chi connectivity index (χ3n) is 3.68. The van der Waals surface area contributed by atoms with Gasteiger partial charge in [0.2, 0.25) is 15.9 Å². The monoisotopic (exact) mass is 316 g/mol. The maximum Gasteiger partial charge on any atom is 0.247 e. The lowest BCUT2D eigenvalue weighted by Crippen LogP contribution is -2.58. The fourth-order valence-electron chi connectivity index (χ4n) is 2.68. The number of amides is 1. The van der Waals surface area contributed by atoms with Crippen molar-refractivity contribution in [1.29, 1.82) is 0 Å². The maximum absolute atomic E-state index is 13.8. The fraction of sp³-hybridized carbons (Fsp3) is 0.462. The van der Waals surface area contributed by atoms with Gasteiger partial charge in [0.25, 0.3) is 0 Å². The van der Waals surface area contributed by atoms with Crippen LogP contribution in [0.5, 0.6) is 0 Å². The van der Waals surface area contributed by atoms with Gasteiger partial charge in [0, 0.05) is 13.7 Å². The van der Waals surface area contributed by atoms with E-state index in [1.807, 2.05) is 0 Å². The standard InChI is InChI=1S/C13H17FN2O4S/c1-20-9-13(12(15)17)7-4-8-16(13)21(18,19)11-6-3-2-5-10(11)14/h2-3,5-6H,4,7-9H2,1H3,(H2,15,17). The van der Waals surface area contributed by atoms with E-state index in [0.717, 1.165) is 10.4 Å². The Labute approximate surface area is 122 Å². The van der Waals surface area contributed by atoms with Crippen molar-refractivity contribution in [2.45, 2.75) is 23.3 Å². The van der Waals surface area contributed by atoms with Crippen LogP contribution in [0.25, 0.3) is 0 Å². The van der Waals surface area contributed by atoms with Gasteiger partial charge in [-0.05, 0) is 25.0 Å². The quantitative estimate of drug-likeness (QED) is 0.855. The summed E-state index contributed by atoms with van der Waals surface area (Å²) in [5.41, 5.74) is 3.94. The van der Waals surface area contributed by atoms with Gasteiger partial charge in [-0.1, -0.05) is 12.1 Å². The van der Waals surface area contributed by atoms with Crippen molar-refractivity contribution in [3.63, 3.8) is 0 Å². The van der Waals surface area contributed by atoms with Gasteiger partial charge in [0.15, 0.2) is 0 Å². The molecule has 0 spiro atoms. The van der Waals surface area contributed by atoms with Crippen LogP contribution in [-0.4, -0.2) is 44.4 Å². The Hall–Kier alpha value is -1.51. The summed E-state index contributed by atoms with van der Waals surface area (Å²) in [7, 11) is -2.81. The average Bonchev–Trinajstić information content (AvgIpc) is 2.85. The molecule has 1 aliphatic rings. The summed E-state index contributed by atoms with van der Waals surface area (Å²) < 4.78 is 45.1. The van der Waals surface area contributed by atoms with E-state index in [-0.39, 0.29) is 19.6 Å². The summed E-state index contributed by atoms with van der Waals surface area (Å²) in [6.07, 6.45) is 0.712. The van der Waals surface area contributed by atoms with E-state index >= 15 is 0 Å². The van der Waals surface area contributed by atoms with Gasteiger partial charge in [-0.25, -0.2) is 12.8 Å². The molecule has 0 saturated carbocycles. The van der Waals surface area contributed by atoms with E-state index in [1.54, 1.807) is 0 Å². The number of carbonyl (C=O) groups is 1. The van der Waals surface area contributed by atoms with Gasteiger partial charge >= 0.3 is 0 Å². The molecule has 2 N–H and O–H groups in total. The molecule has 8 heteroatoms. The molecule has 1 saturated heterocycles. The van der Waals surface area contributed by atoms with Crippen LogP contribution >= 0.6 is 0 Å². The van der Waals surface area contributed by atoms with Crippen LogP contribution in [0.1, 0.15) is 12.8 Å². The normalized spacial score (nSPS) is 23.3. The number of sulfonamides is 1. The van der Waals surface area contributed by atoms with Crippen LogP contribution in [0.4, 0.5) is 4.39 Å². The molecule has 0 aromatic heterocycles. The smallest absolute Gasteiger partial charge is 0.247 e. The molecule has 1 fully saturated rings. The predicted molar refractivity (Wildman–Crippen MR) is 73.3 cm³/mol. The number of methoxy groups -OCH3 is 1. The first-order valence-corrected chi connectivity index (χ1v) is 7.86. The van der Waals surface area contributed by atoms with Crippen LogP contribution in [-0.2, 0) is 19.6 Å². The van der Waals surface area contributed by atoms with Crippen molar-refractivity contribution in [3.8, 4) is 0 Å². The molecule has 1 atom stereocenters. The summed E-state index contributed by atoms with van der Waals surface area (Å²) >= 11 is 0. The summed E-state index contributed by atoms with van der Waals surface area (Å²) in [5, 5.41) is 0. The molecular formula is C13H17FN2O4S. The lowest BCUT2D eigenvalue weighted by Gasteiger charge is -2.34. The van der Waals surface area contributed by atoms with Crippen molar-refractivity contribution in [2.75, 3.05) is 20.3 Å². The largest absolute Gasteiger partial charge is 0.382 e. The van der Waals surface area contributed by atoms with E-state index in [0.29, 0.717) is 6.42 Å². The maximum atomic E-state index is 13.8. The van der Waals surface area contributed by atoms with E-state index < -0.39 is 32.2 Å². The van der Waals surface area contributed by atoms with Crippen molar-refractivity contribution in [1.82, 2.24) is 4.31 Å². The van der Waals surface area contributed by atoms with Crippen molar-refractivity contribution in [3.05, 3.63) is 30.1 Å². The molecule has 1 amide bonds. The molecule has 116 valence electrons. The number of ether oxygens (including phenoxy) is 1. The van der Waals surface area contributed by atoms with Crippen LogP contribution in [0, 0.1) is 5.82 Å². The Morgan fingerprint density at radius 3 is 2.71 bits per heavy atom. The highest BCUT2D eigenvalue weighted by atomic mass is 32.2. The van der Waals surface area contributed by atoms with E-state index in [4.69, 9.17) is 10.5 Å². The second kappa shape index (κ2) is 5.70. The summed E-state index contributed by atoms with van der Waals surface area (Å²) in [5.74, 6) is -1.65. The minimum absolute atomic E-state index is 0.100. The zero-order chi connectivity index (χ0) is 15.7. The third kappa shape index (κ3) is 2.54. The van der Waals surface area contributed by atoms with Gasteiger partial charge in [0.1, 0.15) is 16.3 Å². The average molecular weight is 316 g/mol. The Morgan fingerprint density at radius 2 is 2.14 bits per heavy atom. The highest BCUT2D eigenvalue weighted by Gasteiger charge is 2.52. The molecule has 0 bridgehead atoms. The van der Waals surface area contributed by atoms with Gasteiger partial charge in [-0.3, -0.25) is 4.79 Å². The van der Waals surface area contributed by atoms with Gasteiger partial charge < -0.3 is 10.5 Å². The summed E-state index contributed by atoms with van der Waals surface area (Å²) in [4.78, 5) is 11.4. The summed E-state index contributed by atoms with van der Waals surface area (Å²) in [6, 6.07) is 5.05. The SMILES string of the molecule is COCC1(C(N)=O)CCCN1S(=O)(=O)c1ccccc1F. The first kappa shape index (κ1) is 15.9. The van der Waals surface area contributed by atoms with Crippen LogP contribution in [0.2, 0.25) is 0 Å². The Morgan fingerprint density at radius 1 is 1.48 bits per heavy atom. The van der Waals surface area contributed by atoms with Crippen LogP contribution in [0.15, 0.2) is 29.2 Å². The predicted octanol–water partition coefficient (Wildman–Crippen LogP) is 0.481. The molecule has 0 radical (unpaired) electrons. The second-order valence-electron chi connectivity index (χ2n) is 4.94. The molecule has 1 heterocycles. The number of hydrogen-bond donors (Lipinski definition) is 1. The molecule has 1 aromatic rings. The van der Waals surface area contributed by atoms with Crippen molar-refractivity contribution < 1.29 is 22.3 Å². The van der Waals surface area contributed by atoms with Gasteiger partial charge in [-0.15, -0.1) is 0 Å². The highest BCUT2D eigenvalue weighted by molar-refractivity contribution is 7.89. The number of nitrogens with two attached hydrogens (primary N) is 1. The van der Waals surface area contributed by atoms with Crippen LogP contribution in [0.3, 0.4) is 0 Å². The number of nitrogens with zero attached hydrogens (tertiary/aromatic N) is 1. The van der Waals surface area contributed by atoms with Crippen molar-refractivity contribution >= 4 is 15.9 Å². The molecule has 1 unspecified atom stereocenters. The molecular weight excluding hydrogens is 299 g/mol. The number of benzene rings is 1. The molecule has 2 rings (SSSR count). The zero-order valence-electron chi connectivity index (χ0n) is 11.6. The fourth-order valence-corrected chi connectivity index (χ4v) is 4.54. The minimum Gasteiger partial charge on any atom is -0.382 e. The van der Waals surface area contributed by atoms with E-state index in [1.165, 1.54) is 25.3 Å². The Bertz CT molecular complexity index is 649. The summed E-state index contributed by atoms with van der Waals surface area (Å²) in [6.45, 7) is -0.0566. The number of hydrogen-bond acceptors (Lipinski definition) is 4. The van der Waals surface area contributed by atoms with E-state index in [9.17, 15) is 17.6 Å². The van der Waals surface area contributed by atoms with Crippen LogP contribution < -0.4 is 5.73 Å².